The summed E-state index contributed by atoms with van der Waals surface area (Å²) >= 11 is 0. The zero-order chi connectivity index (χ0) is 17.8. The van der Waals surface area contributed by atoms with E-state index in [2.05, 4.69) is 11.1 Å². The maximum absolute atomic E-state index is 11.9. The van der Waals surface area contributed by atoms with Gasteiger partial charge in [0.05, 0.1) is 0 Å². The zero-order valence-corrected chi connectivity index (χ0v) is 15.3. The van der Waals surface area contributed by atoms with E-state index in [1.54, 1.807) is 6.08 Å². The first-order valence-corrected chi connectivity index (χ1v) is 10.3. The molecule has 0 aliphatic heterocycles. The Balaban J connectivity index is 2.19. The van der Waals surface area contributed by atoms with E-state index in [9.17, 15) is 18.0 Å². The number of allylic oxidation sites excluding steroid dienone is 4. The highest BCUT2D eigenvalue weighted by atomic mass is 32.2. The lowest BCUT2D eigenvalue weighted by Crippen LogP contribution is -2.20. The Bertz CT molecular complexity index is 572. The topological polar surface area (TPSA) is 77.5 Å². The number of ketones is 1. The van der Waals surface area contributed by atoms with E-state index in [0.29, 0.717) is 6.42 Å². The minimum Gasteiger partial charge on any atom is -0.342 e. The van der Waals surface area contributed by atoms with Crippen molar-refractivity contribution in [3.63, 3.8) is 0 Å². The third-order valence-corrected chi connectivity index (χ3v) is 5.23. The Hall–Kier alpha value is -1.43. The first-order valence-electron chi connectivity index (χ1n) is 8.84. The summed E-state index contributed by atoms with van der Waals surface area (Å²) in [7, 11) is -4.28. The fraction of sp³-hybridized carbons (Fsp3) is 0.667. The monoisotopic (exact) mass is 356 g/mol. The SMILES string of the molecule is CCCCCCCCCCCC(=O)OS(=O)(=O)C1=CC=CCC1=O. The van der Waals surface area contributed by atoms with E-state index in [1.165, 1.54) is 44.3 Å². The summed E-state index contributed by atoms with van der Waals surface area (Å²) < 4.78 is 28.3. The molecule has 0 unspecified atom stereocenters. The molecule has 1 aliphatic rings. The van der Waals surface area contributed by atoms with Crippen molar-refractivity contribution in [2.75, 3.05) is 0 Å². The molecule has 0 saturated heterocycles. The second kappa shape index (κ2) is 11.2. The maximum atomic E-state index is 11.9. The van der Waals surface area contributed by atoms with Gasteiger partial charge in [0.25, 0.3) is 0 Å². The van der Waals surface area contributed by atoms with Gasteiger partial charge in [-0.15, -0.1) is 0 Å². The van der Waals surface area contributed by atoms with Crippen LogP contribution in [0.3, 0.4) is 0 Å². The van der Waals surface area contributed by atoms with Crippen LogP contribution >= 0.6 is 0 Å². The van der Waals surface area contributed by atoms with Crippen LogP contribution in [-0.2, 0) is 23.9 Å². The van der Waals surface area contributed by atoms with Crippen molar-refractivity contribution in [3.8, 4) is 0 Å². The average molecular weight is 356 g/mol. The lowest BCUT2D eigenvalue weighted by molar-refractivity contribution is -0.133. The van der Waals surface area contributed by atoms with Crippen molar-refractivity contribution >= 4 is 21.9 Å². The van der Waals surface area contributed by atoms with E-state index in [-0.39, 0.29) is 12.8 Å². The maximum Gasteiger partial charge on any atom is 0.345 e. The van der Waals surface area contributed by atoms with Gasteiger partial charge in [-0.2, -0.15) is 8.42 Å². The number of hydrogen-bond donors (Lipinski definition) is 0. The van der Waals surface area contributed by atoms with Crippen molar-refractivity contribution < 1.29 is 22.2 Å². The molecular weight excluding hydrogens is 328 g/mol. The quantitative estimate of drug-likeness (QED) is 0.387. The summed E-state index contributed by atoms with van der Waals surface area (Å²) in [5.41, 5.74) is 0. The molecule has 0 N–H and O–H groups in total. The van der Waals surface area contributed by atoms with E-state index in [0.717, 1.165) is 19.3 Å². The lowest BCUT2D eigenvalue weighted by Gasteiger charge is -2.09. The van der Waals surface area contributed by atoms with Gasteiger partial charge in [0, 0.05) is 12.8 Å². The normalized spacial score (nSPS) is 14.5. The number of carbonyl (C=O) groups excluding carboxylic acids is 2. The standard InChI is InChI=1S/C18H28O5S/c1-2-3-4-5-6-7-8-9-10-15-18(20)23-24(21,22)17-14-12-11-13-16(17)19/h11-12,14H,2-10,13,15H2,1H3. The molecule has 1 aliphatic carbocycles. The van der Waals surface area contributed by atoms with Crippen molar-refractivity contribution in [2.45, 2.75) is 77.6 Å². The minimum atomic E-state index is -4.28. The van der Waals surface area contributed by atoms with Gasteiger partial charge in [0.2, 0.25) is 0 Å². The summed E-state index contributed by atoms with van der Waals surface area (Å²) in [6.45, 7) is 2.19. The van der Waals surface area contributed by atoms with Gasteiger partial charge >= 0.3 is 16.1 Å². The Morgan fingerprint density at radius 3 is 2.21 bits per heavy atom. The Morgan fingerprint density at radius 1 is 1.04 bits per heavy atom. The van der Waals surface area contributed by atoms with Crippen LogP contribution in [-0.4, -0.2) is 20.2 Å². The molecule has 0 fully saturated rings. The van der Waals surface area contributed by atoms with Crippen LogP contribution in [0.4, 0.5) is 0 Å². The number of carbonyl (C=O) groups is 2. The van der Waals surface area contributed by atoms with Crippen LogP contribution in [0.5, 0.6) is 0 Å². The van der Waals surface area contributed by atoms with Gasteiger partial charge in [-0.3, -0.25) is 9.59 Å². The van der Waals surface area contributed by atoms with Crippen LogP contribution < -0.4 is 0 Å². The minimum absolute atomic E-state index is 0.0148. The predicted molar refractivity (Wildman–Crippen MR) is 93.7 cm³/mol. The molecule has 1 rings (SSSR count). The largest absolute Gasteiger partial charge is 0.345 e. The Kier molecular flexibility index (Phi) is 9.60. The lowest BCUT2D eigenvalue weighted by atomic mass is 10.1. The van der Waals surface area contributed by atoms with Gasteiger partial charge in [-0.05, 0) is 12.5 Å². The highest BCUT2D eigenvalue weighted by Crippen LogP contribution is 2.18. The molecule has 0 aromatic carbocycles. The summed E-state index contributed by atoms with van der Waals surface area (Å²) in [5, 5.41) is 0. The van der Waals surface area contributed by atoms with Gasteiger partial charge in [-0.25, -0.2) is 0 Å². The average Bonchev–Trinajstić information content (AvgIpc) is 2.53. The van der Waals surface area contributed by atoms with Crippen LogP contribution in [0.25, 0.3) is 0 Å². The number of rotatable bonds is 12. The van der Waals surface area contributed by atoms with E-state index >= 15 is 0 Å². The van der Waals surface area contributed by atoms with E-state index < -0.39 is 26.8 Å². The van der Waals surface area contributed by atoms with Crippen molar-refractivity contribution in [1.82, 2.24) is 0 Å². The first kappa shape index (κ1) is 20.6. The molecule has 0 aromatic heterocycles. The zero-order valence-electron chi connectivity index (χ0n) is 14.5. The molecule has 24 heavy (non-hydrogen) atoms. The summed E-state index contributed by atoms with van der Waals surface area (Å²) in [4.78, 5) is 22.8. The fourth-order valence-corrected chi connectivity index (χ4v) is 3.56. The smallest absolute Gasteiger partial charge is 0.342 e. The molecule has 5 nitrogen and oxygen atoms in total. The molecule has 0 aromatic rings. The van der Waals surface area contributed by atoms with Crippen molar-refractivity contribution in [3.05, 3.63) is 23.1 Å². The highest BCUT2D eigenvalue weighted by molar-refractivity contribution is 7.92. The van der Waals surface area contributed by atoms with Gasteiger partial charge in [0.1, 0.15) is 4.91 Å². The van der Waals surface area contributed by atoms with E-state index in [1.807, 2.05) is 0 Å². The summed E-state index contributed by atoms with van der Waals surface area (Å²) in [6, 6.07) is 0. The van der Waals surface area contributed by atoms with Gasteiger partial charge < -0.3 is 4.18 Å². The number of unbranched alkanes of at least 4 members (excludes halogenated alkanes) is 8. The molecule has 0 spiro atoms. The van der Waals surface area contributed by atoms with Crippen LogP contribution in [0.15, 0.2) is 23.1 Å². The molecule has 0 saturated carbocycles. The van der Waals surface area contributed by atoms with Gasteiger partial charge in [0.15, 0.2) is 5.78 Å². The molecule has 0 bridgehead atoms. The Morgan fingerprint density at radius 2 is 1.62 bits per heavy atom. The highest BCUT2D eigenvalue weighted by Gasteiger charge is 2.28. The second-order valence-corrected chi connectivity index (χ2v) is 7.59. The van der Waals surface area contributed by atoms with Crippen LogP contribution in [0, 0.1) is 0 Å². The number of Topliss-reactive ketones (excluding diaryl/α,β-unsaturated/α-hetero) is 1. The predicted octanol–water partition coefficient (Wildman–Crippen LogP) is 4.19. The Labute approximate surface area is 145 Å². The molecule has 6 heteroatoms. The molecule has 0 radical (unpaired) electrons. The first-order chi connectivity index (χ1) is 11.5. The summed E-state index contributed by atoms with van der Waals surface area (Å²) in [6.07, 6.45) is 14.2. The second-order valence-electron chi connectivity index (χ2n) is 6.07. The molecular formula is C18H28O5S. The van der Waals surface area contributed by atoms with Crippen molar-refractivity contribution in [2.24, 2.45) is 0 Å². The third-order valence-electron chi connectivity index (χ3n) is 3.92. The van der Waals surface area contributed by atoms with E-state index in [4.69, 9.17) is 0 Å². The third kappa shape index (κ3) is 7.90. The van der Waals surface area contributed by atoms with Gasteiger partial charge in [-0.1, -0.05) is 70.4 Å². The van der Waals surface area contributed by atoms with Crippen LogP contribution in [0.1, 0.15) is 77.6 Å². The molecule has 0 atom stereocenters. The molecule has 136 valence electrons. The van der Waals surface area contributed by atoms with Crippen molar-refractivity contribution in [1.29, 1.82) is 0 Å². The summed E-state index contributed by atoms with van der Waals surface area (Å²) in [5.74, 6) is -1.34. The molecule has 0 amide bonds. The fourth-order valence-electron chi connectivity index (χ4n) is 2.54. The molecule has 0 heterocycles. The van der Waals surface area contributed by atoms with Crippen LogP contribution in [0.2, 0.25) is 0 Å². The number of hydrogen-bond acceptors (Lipinski definition) is 5.